The molecule has 1 aliphatic heterocycles. The Hall–Kier alpha value is -2.26. The van der Waals surface area contributed by atoms with Crippen molar-refractivity contribution in [1.82, 2.24) is 9.38 Å². The number of methoxy groups -OCH3 is 1. The maximum atomic E-state index is 13.9. The van der Waals surface area contributed by atoms with Crippen LogP contribution in [0.1, 0.15) is 34.7 Å². The molecule has 1 aromatic carbocycles. The van der Waals surface area contributed by atoms with Crippen LogP contribution in [0.4, 0.5) is 14.5 Å². The molecule has 3 atom stereocenters. The number of fused-ring (bicyclic) bond motifs is 3. The lowest BCUT2D eigenvalue weighted by Crippen LogP contribution is -2.41. The molecule has 0 spiro atoms. The quantitative estimate of drug-likeness (QED) is 0.405. The standard InChI is InChI=1S/C22H24ClF2N3O3/c1-13-14(2)28-10-9-16-18(21(28)26-13)27-17(15-7-5-4-6-8-15)20(30-12-11-29-3)19(16)31-22(23,24)25/h4-10,17,19-20,27H,11-12H2,1-3H3. The second kappa shape index (κ2) is 8.70. The van der Waals surface area contributed by atoms with Crippen LogP contribution >= 0.6 is 11.6 Å². The number of aryl methyl sites for hydroxylation is 2. The van der Waals surface area contributed by atoms with Crippen LogP contribution in [0.2, 0.25) is 0 Å². The van der Waals surface area contributed by atoms with Gasteiger partial charge in [0, 0.05) is 24.6 Å². The zero-order valence-corrected chi connectivity index (χ0v) is 18.2. The number of nitrogens with zero attached hydrogens (tertiary/aromatic N) is 2. The number of ether oxygens (including phenoxy) is 3. The van der Waals surface area contributed by atoms with E-state index in [-0.39, 0.29) is 6.61 Å². The van der Waals surface area contributed by atoms with E-state index in [9.17, 15) is 8.78 Å². The van der Waals surface area contributed by atoms with Crippen molar-refractivity contribution in [2.75, 3.05) is 25.6 Å². The minimum absolute atomic E-state index is 0.207. The number of alkyl halides is 3. The summed E-state index contributed by atoms with van der Waals surface area (Å²) in [6.45, 7) is 4.38. The van der Waals surface area contributed by atoms with E-state index in [0.29, 0.717) is 23.5 Å². The van der Waals surface area contributed by atoms with Gasteiger partial charge in [-0.05, 0) is 37.1 Å². The Balaban J connectivity index is 1.88. The van der Waals surface area contributed by atoms with Crippen molar-refractivity contribution < 1.29 is 23.0 Å². The van der Waals surface area contributed by atoms with Gasteiger partial charge in [0.15, 0.2) is 5.65 Å². The van der Waals surface area contributed by atoms with Crippen LogP contribution in [0.3, 0.4) is 0 Å². The van der Waals surface area contributed by atoms with E-state index in [2.05, 4.69) is 10.3 Å². The second-order valence-corrected chi connectivity index (χ2v) is 7.91. The van der Waals surface area contributed by atoms with Crippen LogP contribution in [0.25, 0.3) is 5.65 Å². The fourth-order valence-electron chi connectivity index (χ4n) is 3.99. The van der Waals surface area contributed by atoms with Crippen molar-refractivity contribution in [2.24, 2.45) is 0 Å². The topological polar surface area (TPSA) is 57.0 Å². The average Bonchev–Trinajstić information content (AvgIpc) is 3.03. The molecule has 0 saturated carbocycles. The molecule has 1 N–H and O–H groups in total. The normalized spacial score (nSPS) is 21.2. The van der Waals surface area contributed by atoms with Gasteiger partial charge in [-0.3, -0.25) is 4.74 Å². The SMILES string of the molecule is COCCOC1C(c2ccccc2)Nc2c(ccn3c(C)c(C)nc23)C1OC(F)(F)Cl. The van der Waals surface area contributed by atoms with Crippen molar-refractivity contribution in [2.45, 2.75) is 37.7 Å². The number of anilines is 1. The van der Waals surface area contributed by atoms with Crippen LogP contribution in [-0.4, -0.2) is 41.4 Å². The number of rotatable bonds is 7. The molecular formula is C22H24ClF2N3O3. The van der Waals surface area contributed by atoms with E-state index < -0.39 is 23.8 Å². The minimum Gasteiger partial charge on any atom is -0.382 e. The van der Waals surface area contributed by atoms with Gasteiger partial charge in [-0.25, -0.2) is 4.98 Å². The van der Waals surface area contributed by atoms with Gasteiger partial charge in [0.25, 0.3) is 0 Å². The average molecular weight is 452 g/mol. The number of halogens is 3. The number of hydrogen-bond donors (Lipinski definition) is 1. The summed E-state index contributed by atoms with van der Waals surface area (Å²) in [5.74, 6) is 0. The van der Waals surface area contributed by atoms with Crippen LogP contribution in [0.15, 0.2) is 42.6 Å². The van der Waals surface area contributed by atoms with Gasteiger partial charge in [-0.15, -0.1) is 0 Å². The molecule has 3 aromatic rings. The molecule has 0 bridgehead atoms. The van der Waals surface area contributed by atoms with Crippen molar-refractivity contribution >= 4 is 22.9 Å². The molecule has 3 unspecified atom stereocenters. The molecule has 0 aliphatic carbocycles. The molecule has 31 heavy (non-hydrogen) atoms. The molecule has 0 saturated heterocycles. The number of pyridine rings is 1. The molecule has 2 aromatic heterocycles. The molecule has 0 fully saturated rings. The van der Waals surface area contributed by atoms with Gasteiger partial charge in [0.05, 0.1) is 30.6 Å². The van der Waals surface area contributed by atoms with Gasteiger partial charge in [0.1, 0.15) is 12.2 Å². The fourth-order valence-corrected chi connectivity index (χ4v) is 4.08. The molecule has 4 rings (SSSR count). The highest BCUT2D eigenvalue weighted by Crippen LogP contribution is 2.46. The first-order chi connectivity index (χ1) is 14.8. The number of hydrogen-bond acceptors (Lipinski definition) is 5. The molecule has 9 heteroatoms. The monoisotopic (exact) mass is 451 g/mol. The lowest BCUT2D eigenvalue weighted by molar-refractivity contribution is -0.233. The van der Waals surface area contributed by atoms with Crippen LogP contribution in [-0.2, 0) is 14.2 Å². The van der Waals surface area contributed by atoms with Crippen LogP contribution in [0.5, 0.6) is 0 Å². The smallest absolute Gasteiger partial charge is 0.382 e. The summed E-state index contributed by atoms with van der Waals surface area (Å²) in [6, 6.07) is 10.7. The van der Waals surface area contributed by atoms with Gasteiger partial charge < -0.3 is 19.2 Å². The van der Waals surface area contributed by atoms with E-state index >= 15 is 0 Å². The number of nitrogens with one attached hydrogen (secondary N) is 1. The zero-order valence-electron chi connectivity index (χ0n) is 17.4. The number of imidazole rings is 1. The number of benzene rings is 1. The van der Waals surface area contributed by atoms with Crippen molar-refractivity contribution in [3.05, 3.63) is 65.1 Å². The molecule has 0 amide bonds. The molecule has 6 nitrogen and oxygen atoms in total. The maximum absolute atomic E-state index is 13.9. The summed E-state index contributed by atoms with van der Waals surface area (Å²) in [5.41, 5.74) is 0.577. The highest BCUT2D eigenvalue weighted by atomic mass is 35.5. The summed E-state index contributed by atoms with van der Waals surface area (Å²) in [4.78, 5) is 4.65. The van der Waals surface area contributed by atoms with Gasteiger partial charge in [0.2, 0.25) is 0 Å². The van der Waals surface area contributed by atoms with Gasteiger partial charge >= 0.3 is 5.57 Å². The maximum Gasteiger partial charge on any atom is 0.441 e. The minimum atomic E-state index is -3.86. The van der Waals surface area contributed by atoms with E-state index in [1.54, 1.807) is 19.4 Å². The highest BCUT2D eigenvalue weighted by Gasteiger charge is 2.45. The third kappa shape index (κ3) is 4.39. The van der Waals surface area contributed by atoms with E-state index in [0.717, 1.165) is 17.0 Å². The molecular weight excluding hydrogens is 428 g/mol. The third-order valence-corrected chi connectivity index (χ3v) is 5.64. The Bertz CT molecular complexity index is 1060. The fraction of sp³-hybridized carbons (Fsp3) is 0.409. The summed E-state index contributed by atoms with van der Waals surface area (Å²) in [5, 5.41) is 3.47. The number of aromatic nitrogens is 2. The predicted molar refractivity (Wildman–Crippen MR) is 114 cm³/mol. The second-order valence-electron chi connectivity index (χ2n) is 7.47. The Morgan fingerprint density at radius 3 is 2.58 bits per heavy atom. The van der Waals surface area contributed by atoms with Crippen molar-refractivity contribution in [3.63, 3.8) is 0 Å². The lowest BCUT2D eigenvalue weighted by atomic mass is 9.88. The van der Waals surface area contributed by atoms with Gasteiger partial charge in [-0.1, -0.05) is 30.3 Å². The summed E-state index contributed by atoms with van der Waals surface area (Å²) in [6.07, 6.45) is -0.120. The summed E-state index contributed by atoms with van der Waals surface area (Å²) in [7, 11) is 1.55. The first-order valence-corrected chi connectivity index (χ1v) is 10.3. The van der Waals surface area contributed by atoms with E-state index in [1.807, 2.05) is 48.6 Å². The lowest BCUT2D eigenvalue weighted by Gasteiger charge is -2.40. The Labute approximate surface area is 184 Å². The molecule has 166 valence electrons. The largest absolute Gasteiger partial charge is 0.441 e. The van der Waals surface area contributed by atoms with E-state index in [4.69, 9.17) is 25.8 Å². The zero-order chi connectivity index (χ0) is 22.2. The van der Waals surface area contributed by atoms with Crippen molar-refractivity contribution in [1.29, 1.82) is 0 Å². The first-order valence-electron chi connectivity index (χ1n) is 9.95. The Kier molecular flexibility index (Phi) is 6.16. The first kappa shape index (κ1) is 22.0. The molecule has 3 heterocycles. The van der Waals surface area contributed by atoms with E-state index in [1.165, 1.54) is 0 Å². The summed E-state index contributed by atoms with van der Waals surface area (Å²) < 4.78 is 45.9. The van der Waals surface area contributed by atoms with Gasteiger partial charge in [-0.2, -0.15) is 8.78 Å². The van der Waals surface area contributed by atoms with Crippen LogP contribution < -0.4 is 5.32 Å². The Morgan fingerprint density at radius 1 is 1.16 bits per heavy atom. The summed E-state index contributed by atoms with van der Waals surface area (Å²) >= 11 is 5.22. The predicted octanol–water partition coefficient (Wildman–Crippen LogP) is 5.00. The van der Waals surface area contributed by atoms with Crippen molar-refractivity contribution in [3.8, 4) is 0 Å². The molecule has 1 aliphatic rings. The highest BCUT2D eigenvalue weighted by molar-refractivity contribution is 6.20. The third-order valence-electron chi connectivity index (χ3n) is 5.55. The Morgan fingerprint density at radius 2 is 1.90 bits per heavy atom. The van der Waals surface area contributed by atoms with Crippen LogP contribution in [0, 0.1) is 13.8 Å². The molecule has 0 radical (unpaired) electrons.